The second-order valence-electron chi connectivity index (χ2n) is 8.76. The lowest BCUT2D eigenvalue weighted by Gasteiger charge is -2.55. The molecule has 1 fully saturated rings. The number of rotatable bonds is 10. The summed E-state index contributed by atoms with van der Waals surface area (Å²) in [5.74, 6) is -5.16. The van der Waals surface area contributed by atoms with Crippen LogP contribution in [0.25, 0.3) is 0 Å². The smallest absolute Gasteiger partial charge is 0.352 e. The predicted octanol–water partition coefficient (Wildman–Crippen LogP) is 1.71. The first-order valence-corrected chi connectivity index (χ1v) is 13.9. The van der Waals surface area contributed by atoms with Gasteiger partial charge in [-0.3, -0.25) is 24.1 Å². The number of thioether (sulfide) groups is 1. The highest BCUT2D eigenvalue weighted by atomic mass is 32.2. The maximum absolute atomic E-state index is 13.2. The van der Waals surface area contributed by atoms with Gasteiger partial charge in [0.05, 0.1) is 12.0 Å². The van der Waals surface area contributed by atoms with Gasteiger partial charge in [-0.15, -0.1) is 23.1 Å². The summed E-state index contributed by atoms with van der Waals surface area (Å²) in [5.41, 5.74) is -2.05. The van der Waals surface area contributed by atoms with Gasteiger partial charge >= 0.3 is 23.9 Å². The fourth-order valence-corrected chi connectivity index (χ4v) is 6.35. The van der Waals surface area contributed by atoms with E-state index in [0.717, 1.165) is 41.5 Å². The predicted molar refractivity (Wildman–Crippen MR) is 143 cm³/mol. The van der Waals surface area contributed by atoms with Gasteiger partial charge in [0.2, 0.25) is 5.91 Å². The number of carboxylic acid groups (broad SMARTS) is 1. The number of thiophene rings is 1. The second-order valence-corrected chi connectivity index (χ2v) is 10.9. The Morgan fingerprint density at radius 1 is 1.10 bits per heavy atom. The molecular formula is C26H24N2O11S2. The van der Waals surface area contributed by atoms with Crippen LogP contribution >= 0.6 is 23.1 Å². The van der Waals surface area contributed by atoms with E-state index in [4.69, 9.17) is 18.9 Å². The fraction of sp³-hybridized carbons (Fsp3) is 0.308. The van der Waals surface area contributed by atoms with Crippen LogP contribution in [0, 0.1) is 0 Å². The molecule has 216 valence electrons. The van der Waals surface area contributed by atoms with Crippen LogP contribution in [0.3, 0.4) is 0 Å². The zero-order valence-electron chi connectivity index (χ0n) is 22.0. The standard InChI is InChI=1S/C26H24N2O11S2/c1-13(29)38-18-7-6-15(9-19(18)39-14(2)30)23(34)37-11-16-12-41-25-26(36-3,24(35)28(25)21(16)22(32)33)27-20(31)10-17-5-4-8-40-17/h4-9,25H,10-12H2,1-3H3,(H,27,31)(H,32,33)/t25-,26+/m0/s1. The molecule has 4 rings (SSSR count). The molecule has 1 aromatic carbocycles. The summed E-state index contributed by atoms with van der Waals surface area (Å²) in [6.07, 6.45) is 0.0251. The van der Waals surface area contributed by atoms with Gasteiger partial charge in [-0.1, -0.05) is 6.07 Å². The number of benzene rings is 1. The van der Waals surface area contributed by atoms with E-state index < -0.39 is 53.4 Å². The molecule has 13 nitrogen and oxygen atoms in total. The first-order chi connectivity index (χ1) is 19.5. The topological polar surface area (TPSA) is 175 Å². The van der Waals surface area contributed by atoms with Gasteiger partial charge in [0, 0.05) is 37.2 Å². The highest BCUT2D eigenvalue weighted by molar-refractivity contribution is 8.00. The number of fused-ring (bicyclic) bond motifs is 1. The molecule has 3 heterocycles. The van der Waals surface area contributed by atoms with Gasteiger partial charge in [-0.05, 0) is 29.6 Å². The van der Waals surface area contributed by atoms with Gasteiger partial charge in [0.25, 0.3) is 11.6 Å². The lowest BCUT2D eigenvalue weighted by atomic mass is 9.98. The number of methoxy groups -OCH3 is 1. The van der Waals surface area contributed by atoms with Crippen LogP contribution in [-0.4, -0.2) is 76.3 Å². The van der Waals surface area contributed by atoms with Gasteiger partial charge < -0.3 is 29.4 Å². The number of hydrogen-bond donors (Lipinski definition) is 2. The second kappa shape index (κ2) is 12.1. The van der Waals surface area contributed by atoms with Crippen molar-refractivity contribution >= 4 is 58.8 Å². The normalized spacial score (nSPS) is 19.5. The first-order valence-electron chi connectivity index (χ1n) is 11.9. The molecule has 0 radical (unpaired) electrons. The van der Waals surface area contributed by atoms with E-state index in [9.17, 15) is 33.9 Å². The third-order valence-corrected chi connectivity index (χ3v) is 8.19. The summed E-state index contributed by atoms with van der Waals surface area (Å²) < 4.78 is 20.7. The van der Waals surface area contributed by atoms with Crippen molar-refractivity contribution in [2.24, 2.45) is 0 Å². The number of nitrogens with one attached hydrogen (secondary N) is 1. The van der Waals surface area contributed by atoms with Crippen LogP contribution in [0.5, 0.6) is 11.5 Å². The number of carbonyl (C=O) groups excluding carboxylic acids is 5. The number of hydrogen-bond acceptors (Lipinski definition) is 12. The minimum Gasteiger partial charge on any atom is -0.477 e. The maximum atomic E-state index is 13.2. The summed E-state index contributed by atoms with van der Waals surface area (Å²) in [6, 6.07) is 7.23. The van der Waals surface area contributed by atoms with E-state index in [0.29, 0.717) is 0 Å². The Bertz CT molecular complexity index is 1450. The quantitative estimate of drug-likeness (QED) is 0.174. The van der Waals surface area contributed by atoms with Gasteiger partial charge in [-0.2, -0.15) is 0 Å². The van der Waals surface area contributed by atoms with E-state index in [1.807, 2.05) is 5.38 Å². The molecule has 1 aromatic heterocycles. The number of nitrogens with zero attached hydrogens (tertiary/aromatic N) is 1. The molecule has 2 atom stereocenters. The number of amides is 2. The molecule has 0 spiro atoms. The molecule has 1 saturated heterocycles. The van der Waals surface area contributed by atoms with E-state index in [-0.39, 0.29) is 40.5 Å². The van der Waals surface area contributed by atoms with Crippen molar-refractivity contribution < 1.29 is 52.8 Å². The third-order valence-electron chi connectivity index (χ3n) is 5.94. The van der Waals surface area contributed by atoms with Crippen molar-refractivity contribution in [3.8, 4) is 11.5 Å². The van der Waals surface area contributed by atoms with Crippen LogP contribution in [0.1, 0.15) is 29.1 Å². The number of β-lactam (4-membered cyclic amide) rings is 1. The van der Waals surface area contributed by atoms with Crippen LogP contribution in [0.15, 0.2) is 47.0 Å². The average Bonchev–Trinajstić information content (AvgIpc) is 3.42. The van der Waals surface area contributed by atoms with Gasteiger partial charge in [-0.25, -0.2) is 9.59 Å². The Balaban J connectivity index is 1.50. The highest BCUT2D eigenvalue weighted by Gasteiger charge is 2.66. The minimum atomic E-state index is -1.75. The van der Waals surface area contributed by atoms with Crippen molar-refractivity contribution in [1.82, 2.24) is 10.2 Å². The van der Waals surface area contributed by atoms with Crippen molar-refractivity contribution in [2.75, 3.05) is 19.5 Å². The number of aliphatic carboxylic acids is 1. The summed E-state index contributed by atoms with van der Waals surface area (Å²) >= 11 is 2.52. The van der Waals surface area contributed by atoms with Crippen molar-refractivity contribution in [3.05, 3.63) is 57.4 Å². The van der Waals surface area contributed by atoms with Crippen molar-refractivity contribution in [1.29, 1.82) is 0 Å². The summed E-state index contributed by atoms with van der Waals surface area (Å²) in [6.45, 7) is 1.81. The Morgan fingerprint density at radius 3 is 2.41 bits per heavy atom. The molecule has 0 aliphatic carbocycles. The van der Waals surface area contributed by atoms with Crippen LogP contribution in [-0.2, 0) is 39.9 Å². The highest BCUT2D eigenvalue weighted by Crippen LogP contribution is 2.46. The average molecular weight is 605 g/mol. The first kappa shape index (κ1) is 29.8. The summed E-state index contributed by atoms with van der Waals surface area (Å²) in [7, 11) is 1.25. The van der Waals surface area contributed by atoms with Gasteiger partial charge in [0.15, 0.2) is 11.5 Å². The van der Waals surface area contributed by atoms with E-state index in [1.54, 1.807) is 12.1 Å². The summed E-state index contributed by atoms with van der Waals surface area (Å²) in [4.78, 5) is 75.4. The van der Waals surface area contributed by atoms with E-state index >= 15 is 0 Å². The SMILES string of the molecule is CO[C@]1(NC(=O)Cc2cccs2)C(=O)N2C(C(=O)O)=C(COC(=O)c3ccc(OC(C)=O)c(OC(C)=O)c3)CS[C@H]21. The number of carboxylic acids is 1. The molecule has 0 saturated carbocycles. The van der Waals surface area contributed by atoms with Gasteiger partial charge in [0.1, 0.15) is 17.7 Å². The zero-order chi connectivity index (χ0) is 29.9. The molecule has 0 unspecified atom stereocenters. The summed E-state index contributed by atoms with van der Waals surface area (Å²) in [5, 5.41) is 13.5. The number of esters is 3. The molecule has 0 bridgehead atoms. The lowest BCUT2D eigenvalue weighted by molar-refractivity contribution is -0.192. The zero-order valence-corrected chi connectivity index (χ0v) is 23.6. The Labute approximate surface area is 241 Å². The number of ether oxygens (including phenoxy) is 4. The Morgan fingerprint density at radius 2 is 1.80 bits per heavy atom. The molecule has 41 heavy (non-hydrogen) atoms. The molecule has 2 amide bonds. The van der Waals surface area contributed by atoms with E-state index in [2.05, 4.69) is 5.32 Å². The molecule has 2 N–H and O–H groups in total. The van der Waals surface area contributed by atoms with Crippen LogP contribution < -0.4 is 14.8 Å². The Kier molecular flexibility index (Phi) is 8.80. The molecule has 2 aliphatic rings. The maximum Gasteiger partial charge on any atom is 0.352 e. The van der Waals surface area contributed by atoms with Crippen LogP contribution in [0.2, 0.25) is 0 Å². The monoisotopic (exact) mass is 604 g/mol. The fourth-order valence-electron chi connectivity index (χ4n) is 4.22. The molecule has 2 aromatic rings. The van der Waals surface area contributed by atoms with Crippen molar-refractivity contribution in [3.63, 3.8) is 0 Å². The largest absolute Gasteiger partial charge is 0.477 e. The number of carbonyl (C=O) groups is 6. The minimum absolute atomic E-state index is 0.0251. The lowest BCUT2D eigenvalue weighted by Crippen LogP contribution is -2.80. The molecule has 15 heteroatoms. The van der Waals surface area contributed by atoms with Crippen LogP contribution in [0.4, 0.5) is 0 Å². The Hall–Kier alpha value is -4.21. The third kappa shape index (κ3) is 6.11. The molecular weight excluding hydrogens is 580 g/mol. The van der Waals surface area contributed by atoms with Crippen molar-refractivity contribution in [2.45, 2.75) is 31.4 Å². The van der Waals surface area contributed by atoms with E-state index in [1.165, 1.54) is 30.6 Å². The molecule has 2 aliphatic heterocycles.